The van der Waals surface area contributed by atoms with Crippen molar-refractivity contribution in [3.63, 3.8) is 0 Å². The van der Waals surface area contributed by atoms with Gasteiger partial charge in [0, 0.05) is 19.5 Å². The lowest BCUT2D eigenvalue weighted by Crippen LogP contribution is -2.11. The summed E-state index contributed by atoms with van der Waals surface area (Å²) in [5.74, 6) is 7.86. The molecule has 2 rings (SSSR count). The molecule has 0 aliphatic heterocycles. The monoisotopic (exact) mass is 276 g/mol. The van der Waals surface area contributed by atoms with E-state index in [-0.39, 0.29) is 0 Å². The van der Waals surface area contributed by atoms with E-state index in [1.54, 1.807) is 10.7 Å². The number of anilines is 1. The van der Waals surface area contributed by atoms with Gasteiger partial charge in [-0.1, -0.05) is 6.92 Å². The van der Waals surface area contributed by atoms with Gasteiger partial charge in [0.2, 0.25) is 5.88 Å². The van der Waals surface area contributed by atoms with Crippen molar-refractivity contribution in [2.75, 3.05) is 5.43 Å². The van der Waals surface area contributed by atoms with Crippen LogP contribution in [-0.4, -0.2) is 19.7 Å². The van der Waals surface area contributed by atoms with Crippen molar-refractivity contribution < 1.29 is 4.74 Å². The first-order valence-corrected chi connectivity index (χ1v) is 6.57. The molecule has 0 spiro atoms. The second-order valence-corrected chi connectivity index (χ2v) is 4.63. The Labute approximate surface area is 118 Å². The summed E-state index contributed by atoms with van der Waals surface area (Å²) in [4.78, 5) is 8.68. The van der Waals surface area contributed by atoms with Crippen molar-refractivity contribution >= 4 is 5.82 Å². The van der Waals surface area contributed by atoms with E-state index in [0.717, 1.165) is 30.0 Å². The highest BCUT2D eigenvalue weighted by Crippen LogP contribution is 2.27. The summed E-state index contributed by atoms with van der Waals surface area (Å²) >= 11 is 0. The SMILES string of the molecule is CCCc1nc(NN)cc(Oc2c(C)nn(C)c2C)n1. The minimum absolute atomic E-state index is 0.468. The van der Waals surface area contributed by atoms with E-state index in [1.807, 2.05) is 20.9 Å². The molecule has 0 amide bonds. The van der Waals surface area contributed by atoms with Crippen LogP contribution >= 0.6 is 0 Å². The minimum Gasteiger partial charge on any atom is -0.435 e. The van der Waals surface area contributed by atoms with Crippen molar-refractivity contribution in [2.45, 2.75) is 33.6 Å². The Bertz CT molecular complexity index is 607. The molecular formula is C13H20N6O. The molecule has 0 fully saturated rings. The minimum atomic E-state index is 0.468. The van der Waals surface area contributed by atoms with Gasteiger partial charge in [-0.25, -0.2) is 10.8 Å². The lowest BCUT2D eigenvalue weighted by atomic mass is 10.3. The molecule has 0 aliphatic carbocycles. The van der Waals surface area contributed by atoms with Gasteiger partial charge in [0.05, 0.1) is 5.69 Å². The largest absolute Gasteiger partial charge is 0.435 e. The van der Waals surface area contributed by atoms with Gasteiger partial charge in [-0.05, 0) is 20.3 Å². The van der Waals surface area contributed by atoms with Gasteiger partial charge in [0.25, 0.3) is 0 Å². The molecule has 0 atom stereocenters. The molecule has 0 saturated heterocycles. The zero-order chi connectivity index (χ0) is 14.7. The van der Waals surface area contributed by atoms with E-state index in [2.05, 4.69) is 27.4 Å². The molecule has 0 aliphatic rings. The van der Waals surface area contributed by atoms with E-state index >= 15 is 0 Å². The van der Waals surface area contributed by atoms with Crippen LogP contribution in [0.15, 0.2) is 6.07 Å². The van der Waals surface area contributed by atoms with Gasteiger partial charge >= 0.3 is 0 Å². The van der Waals surface area contributed by atoms with Crippen LogP contribution in [0.1, 0.15) is 30.6 Å². The maximum absolute atomic E-state index is 5.86. The van der Waals surface area contributed by atoms with Crippen LogP contribution in [0.3, 0.4) is 0 Å². The third kappa shape index (κ3) is 2.88. The number of ether oxygens (including phenoxy) is 1. The molecule has 2 aromatic rings. The fraction of sp³-hybridized carbons (Fsp3) is 0.462. The van der Waals surface area contributed by atoms with Gasteiger partial charge in [-0.2, -0.15) is 10.1 Å². The first-order chi connectivity index (χ1) is 9.55. The zero-order valence-corrected chi connectivity index (χ0v) is 12.3. The Morgan fingerprint density at radius 3 is 2.65 bits per heavy atom. The lowest BCUT2D eigenvalue weighted by Gasteiger charge is -2.09. The maximum Gasteiger partial charge on any atom is 0.224 e. The topological polar surface area (TPSA) is 90.9 Å². The highest BCUT2D eigenvalue weighted by Gasteiger charge is 2.13. The first kappa shape index (κ1) is 14.3. The molecule has 108 valence electrons. The Kier molecular flexibility index (Phi) is 4.19. The van der Waals surface area contributed by atoms with Crippen LogP contribution in [0.25, 0.3) is 0 Å². The third-order valence-electron chi connectivity index (χ3n) is 3.02. The summed E-state index contributed by atoms with van der Waals surface area (Å²) in [7, 11) is 1.88. The molecule has 0 unspecified atom stereocenters. The lowest BCUT2D eigenvalue weighted by molar-refractivity contribution is 0.451. The Morgan fingerprint density at radius 1 is 1.35 bits per heavy atom. The predicted octanol–water partition coefficient (Wildman–Crippen LogP) is 1.86. The summed E-state index contributed by atoms with van der Waals surface area (Å²) in [6.07, 6.45) is 1.73. The molecule has 0 aromatic carbocycles. The summed E-state index contributed by atoms with van der Waals surface area (Å²) in [5, 5.41) is 4.32. The number of nitrogens with two attached hydrogens (primary N) is 1. The second kappa shape index (κ2) is 5.87. The number of hydrogen-bond acceptors (Lipinski definition) is 6. The molecule has 2 aromatic heterocycles. The fourth-order valence-electron chi connectivity index (χ4n) is 1.94. The molecule has 7 heteroatoms. The molecule has 0 bridgehead atoms. The summed E-state index contributed by atoms with van der Waals surface area (Å²) in [6.45, 7) is 5.92. The number of aromatic nitrogens is 4. The van der Waals surface area contributed by atoms with Crippen LogP contribution in [0.2, 0.25) is 0 Å². The normalized spacial score (nSPS) is 10.7. The van der Waals surface area contributed by atoms with Gasteiger partial charge in [0.15, 0.2) is 5.75 Å². The number of nitrogen functional groups attached to an aromatic ring is 1. The molecule has 7 nitrogen and oxygen atoms in total. The maximum atomic E-state index is 5.86. The van der Waals surface area contributed by atoms with Crippen LogP contribution < -0.4 is 16.0 Å². The highest BCUT2D eigenvalue weighted by atomic mass is 16.5. The third-order valence-corrected chi connectivity index (χ3v) is 3.02. The molecule has 2 heterocycles. The zero-order valence-electron chi connectivity index (χ0n) is 12.3. The van der Waals surface area contributed by atoms with Crippen molar-refractivity contribution in [2.24, 2.45) is 12.9 Å². The number of hydrazine groups is 1. The second-order valence-electron chi connectivity index (χ2n) is 4.63. The first-order valence-electron chi connectivity index (χ1n) is 6.57. The Morgan fingerprint density at radius 2 is 2.10 bits per heavy atom. The van der Waals surface area contributed by atoms with Crippen LogP contribution in [0.4, 0.5) is 5.82 Å². The Hall–Kier alpha value is -2.15. The van der Waals surface area contributed by atoms with E-state index in [1.165, 1.54) is 0 Å². The van der Waals surface area contributed by atoms with Crippen molar-refractivity contribution in [1.29, 1.82) is 0 Å². The average Bonchev–Trinajstić information content (AvgIpc) is 2.65. The van der Waals surface area contributed by atoms with Crippen LogP contribution in [-0.2, 0) is 13.5 Å². The number of hydrogen-bond donors (Lipinski definition) is 2. The number of nitrogens with zero attached hydrogens (tertiary/aromatic N) is 4. The van der Waals surface area contributed by atoms with Crippen molar-refractivity contribution in [3.05, 3.63) is 23.3 Å². The molecular weight excluding hydrogens is 256 g/mol. The predicted molar refractivity (Wildman–Crippen MR) is 76.6 cm³/mol. The van der Waals surface area contributed by atoms with E-state index in [9.17, 15) is 0 Å². The average molecular weight is 276 g/mol. The van der Waals surface area contributed by atoms with Gasteiger partial charge in [-0.3, -0.25) is 4.68 Å². The van der Waals surface area contributed by atoms with Crippen molar-refractivity contribution in [3.8, 4) is 11.6 Å². The van der Waals surface area contributed by atoms with E-state index in [0.29, 0.717) is 17.5 Å². The number of rotatable bonds is 5. The van der Waals surface area contributed by atoms with Gasteiger partial charge < -0.3 is 10.2 Å². The smallest absolute Gasteiger partial charge is 0.224 e. The summed E-state index contributed by atoms with van der Waals surface area (Å²) < 4.78 is 7.64. The van der Waals surface area contributed by atoms with Gasteiger partial charge in [0.1, 0.15) is 17.3 Å². The highest BCUT2D eigenvalue weighted by molar-refractivity contribution is 5.41. The fourth-order valence-corrected chi connectivity index (χ4v) is 1.94. The molecule has 20 heavy (non-hydrogen) atoms. The Balaban J connectivity index is 2.34. The molecule has 0 radical (unpaired) electrons. The number of aryl methyl sites for hydroxylation is 3. The van der Waals surface area contributed by atoms with Crippen LogP contribution in [0.5, 0.6) is 11.6 Å². The summed E-state index contributed by atoms with van der Waals surface area (Å²) in [5.41, 5.74) is 4.30. The quantitative estimate of drug-likeness (QED) is 0.640. The van der Waals surface area contributed by atoms with Crippen molar-refractivity contribution in [1.82, 2.24) is 19.7 Å². The molecule has 3 N–H and O–H groups in total. The summed E-state index contributed by atoms with van der Waals surface area (Å²) in [6, 6.07) is 1.67. The van der Waals surface area contributed by atoms with E-state index in [4.69, 9.17) is 10.6 Å². The molecule has 0 saturated carbocycles. The van der Waals surface area contributed by atoms with Crippen LogP contribution in [0, 0.1) is 13.8 Å². The van der Waals surface area contributed by atoms with E-state index < -0.39 is 0 Å². The number of nitrogens with one attached hydrogen (secondary N) is 1. The van der Waals surface area contributed by atoms with Gasteiger partial charge in [-0.15, -0.1) is 0 Å². The standard InChI is InChI=1S/C13H20N6O/c1-5-6-10-15-11(17-14)7-12(16-10)20-13-8(2)18-19(4)9(13)3/h7H,5-6,14H2,1-4H3,(H,15,16,17).